The van der Waals surface area contributed by atoms with Crippen LogP contribution in [0.15, 0.2) is 18.2 Å². The van der Waals surface area contributed by atoms with Crippen molar-refractivity contribution in [2.45, 2.75) is 19.0 Å². The fourth-order valence-corrected chi connectivity index (χ4v) is 5.67. The molecule has 0 bridgehead atoms. The van der Waals surface area contributed by atoms with Gasteiger partial charge in [0.15, 0.2) is 9.84 Å². The maximum Gasteiger partial charge on any atom is 0.317 e. The number of hydrogen-bond donors (Lipinski definition) is 2. The first-order valence-corrected chi connectivity index (χ1v) is 9.77. The lowest BCUT2D eigenvalue weighted by molar-refractivity contribution is -0.139. The summed E-state index contributed by atoms with van der Waals surface area (Å²) in [6.07, 6.45) is 0. The fraction of sp³-hybridized carbons (Fsp3) is 0.500. The molecule has 0 saturated carbocycles. The molecule has 2 fully saturated rings. The van der Waals surface area contributed by atoms with Gasteiger partial charge in [-0.15, -0.1) is 0 Å². The molecule has 2 atom stereocenters. The molecule has 1 amide bonds. The lowest BCUT2D eigenvalue weighted by Crippen LogP contribution is -2.61. The predicted octanol–water partition coefficient (Wildman–Crippen LogP) is -0.291. The Bertz CT molecular complexity index is 822. The zero-order valence-corrected chi connectivity index (χ0v) is 14.6. The number of carbonyl (C=O) groups excluding carboxylic acids is 1. The van der Waals surface area contributed by atoms with E-state index < -0.39 is 27.9 Å². The molecule has 0 unspecified atom stereocenters. The van der Waals surface area contributed by atoms with Crippen molar-refractivity contribution in [1.29, 1.82) is 0 Å². The number of phenols is 1. The van der Waals surface area contributed by atoms with E-state index in [0.29, 0.717) is 17.7 Å². The molecule has 2 aliphatic rings. The SMILES string of the molecule is Cc1c(O)cccc1C(=O)N1CCN(CC(=O)O)[C@@H]2CS(=O)(=O)C[C@@H]21. The summed E-state index contributed by atoms with van der Waals surface area (Å²) in [5, 5.41) is 18.9. The molecule has 2 saturated heterocycles. The molecule has 0 spiro atoms. The molecule has 3 rings (SSSR count). The minimum absolute atomic E-state index is 0.00552. The molecule has 1 aromatic rings. The first-order chi connectivity index (χ1) is 11.7. The van der Waals surface area contributed by atoms with E-state index >= 15 is 0 Å². The molecule has 8 nitrogen and oxygen atoms in total. The number of sulfone groups is 1. The van der Waals surface area contributed by atoms with E-state index in [-0.39, 0.29) is 36.3 Å². The number of nitrogens with zero attached hydrogens (tertiary/aromatic N) is 2. The highest BCUT2D eigenvalue weighted by Gasteiger charge is 2.48. The first-order valence-electron chi connectivity index (χ1n) is 7.95. The van der Waals surface area contributed by atoms with Crippen LogP contribution in [-0.2, 0) is 14.6 Å². The third kappa shape index (κ3) is 3.34. The molecule has 2 N–H and O–H groups in total. The van der Waals surface area contributed by atoms with Crippen LogP contribution in [-0.4, -0.2) is 83.5 Å². The third-order valence-electron chi connectivity index (χ3n) is 4.93. The first kappa shape index (κ1) is 17.7. The summed E-state index contributed by atoms with van der Waals surface area (Å²) < 4.78 is 24.2. The van der Waals surface area contributed by atoms with Gasteiger partial charge in [0.25, 0.3) is 5.91 Å². The number of piperazine rings is 1. The molecular formula is C16H20N2O6S. The van der Waals surface area contributed by atoms with Gasteiger partial charge in [0, 0.05) is 30.3 Å². The number of aliphatic carboxylic acids is 1. The lowest BCUT2D eigenvalue weighted by Gasteiger charge is -2.43. The zero-order valence-electron chi connectivity index (χ0n) is 13.8. The van der Waals surface area contributed by atoms with Gasteiger partial charge in [0.1, 0.15) is 5.75 Å². The van der Waals surface area contributed by atoms with Crippen molar-refractivity contribution in [3.63, 3.8) is 0 Å². The second-order valence-electron chi connectivity index (χ2n) is 6.52. The molecule has 9 heteroatoms. The van der Waals surface area contributed by atoms with E-state index in [1.807, 2.05) is 0 Å². The second kappa shape index (κ2) is 6.30. The molecule has 136 valence electrons. The normalized spacial score (nSPS) is 25.6. The summed E-state index contributed by atoms with van der Waals surface area (Å²) in [7, 11) is -3.34. The van der Waals surface area contributed by atoms with E-state index in [2.05, 4.69) is 0 Å². The van der Waals surface area contributed by atoms with Crippen molar-refractivity contribution in [3.05, 3.63) is 29.3 Å². The number of carboxylic acid groups (broad SMARTS) is 1. The van der Waals surface area contributed by atoms with E-state index in [9.17, 15) is 23.1 Å². The van der Waals surface area contributed by atoms with Gasteiger partial charge >= 0.3 is 5.97 Å². The molecule has 0 radical (unpaired) electrons. The van der Waals surface area contributed by atoms with Crippen molar-refractivity contribution in [1.82, 2.24) is 9.80 Å². The summed E-state index contributed by atoms with van der Waals surface area (Å²) >= 11 is 0. The van der Waals surface area contributed by atoms with E-state index in [1.54, 1.807) is 24.0 Å². The largest absolute Gasteiger partial charge is 0.508 e. The Morgan fingerprint density at radius 3 is 2.56 bits per heavy atom. The highest BCUT2D eigenvalue weighted by Crippen LogP contribution is 2.29. The fourth-order valence-electron chi connectivity index (χ4n) is 3.66. The summed E-state index contributed by atoms with van der Waals surface area (Å²) in [6, 6.07) is 3.56. The van der Waals surface area contributed by atoms with Crippen molar-refractivity contribution in [2.24, 2.45) is 0 Å². The van der Waals surface area contributed by atoms with E-state index in [0.717, 1.165) is 0 Å². The van der Waals surface area contributed by atoms with Gasteiger partial charge in [-0.25, -0.2) is 8.42 Å². The molecule has 2 aliphatic heterocycles. The third-order valence-corrected chi connectivity index (χ3v) is 6.62. The number of amides is 1. The smallest absolute Gasteiger partial charge is 0.317 e. The van der Waals surface area contributed by atoms with Crippen LogP contribution in [0.2, 0.25) is 0 Å². The Labute approximate surface area is 145 Å². The van der Waals surface area contributed by atoms with Crippen LogP contribution < -0.4 is 0 Å². The number of phenolic OH excluding ortho intramolecular Hbond substituents is 1. The Balaban J connectivity index is 1.91. The molecule has 0 aromatic heterocycles. The van der Waals surface area contributed by atoms with Gasteiger partial charge in [-0.2, -0.15) is 0 Å². The summed E-state index contributed by atoms with van der Waals surface area (Å²) in [5.74, 6) is -1.67. The number of benzene rings is 1. The van der Waals surface area contributed by atoms with Crippen LogP contribution >= 0.6 is 0 Å². The van der Waals surface area contributed by atoms with Crippen LogP contribution in [0.3, 0.4) is 0 Å². The number of carboxylic acids is 1. The number of aromatic hydroxyl groups is 1. The predicted molar refractivity (Wildman–Crippen MR) is 89.3 cm³/mol. The number of carbonyl (C=O) groups is 2. The minimum atomic E-state index is -3.34. The lowest BCUT2D eigenvalue weighted by atomic mass is 10.0. The van der Waals surface area contributed by atoms with Gasteiger partial charge < -0.3 is 15.1 Å². The summed E-state index contributed by atoms with van der Waals surface area (Å²) in [4.78, 5) is 27.1. The Morgan fingerprint density at radius 2 is 1.88 bits per heavy atom. The summed E-state index contributed by atoms with van der Waals surface area (Å²) in [6.45, 7) is 1.93. The van der Waals surface area contributed by atoms with Gasteiger partial charge in [-0.3, -0.25) is 14.5 Å². The molecule has 2 heterocycles. The molecule has 0 aliphatic carbocycles. The molecule has 1 aromatic carbocycles. The van der Waals surface area contributed by atoms with E-state index in [4.69, 9.17) is 5.11 Å². The molecular weight excluding hydrogens is 348 g/mol. The minimum Gasteiger partial charge on any atom is -0.508 e. The van der Waals surface area contributed by atoms with E-state index in [1.165, 1.54) is 11.0 Å². The van der Waals surface area contributed by atoms with Crippen molar-refractivity contribution in [2.75, 3.05) is 31.1 Å². The number of fused-ring (bicyclic) bond motifs is 1. The van der Waals surface area contributed by atoms with Crippen LogP contribution in [0, 0.1) is 6.92 Å². The highest BCUT2D eigenvalue weighted by molar-refractivity contribution is 7.91. The van der Waals surface area contributed by atoms with Crippen LogP contribution in [0.5, 0.6) is 5.75 Å². The van der Waals surface area contributed by atoms with Crippen molar-refractivity contribution in [3.8, 4) is 5.75 Å². The number of hydrogen-bond acceptors (Lipinski definition) is 6. The van der Waals surface area contributed by atoms with Gasteiger partial charge in [0.2, 0.25) is 0 Å². The second-order valence-corrected chi connectivity index (χ2v) is 8.68. The average molecular weight is 368 g/mol. The van der Waals surface area contributed by atoms with Crippen molar-refractivity contribution >= 4 is 21.7 Å². The average Bonchev–Trinajstić information content (AvgIpc) is 2.85. The van der Waals surface area contributed by atoms with Gasteiger partial charge in [0.05, 0.1) is 24.1 Å². The van der Waals surface area contributed by atoms with Crippen LogP contribution in [0.4, 0.5) is 0 Å². The van der Waals surface area contributed by atoms with Gasteiger partial charge in [-0.05, 0) is 19.1 Å². The monoisotopic (exact) mass is 368 g/mol. The topological polar surface area (TPSA) is 115 Å². The Morgan fingerprint density at radius 1 is 1.20 bits per heavy atom. The van der Waals surface area contributed by atoms with Crippen LogP contribution in [0.1, 0.15) is 15.9 Å². The standard InChI is InChI=1S/C16H20N2O6S/c1-10-11(3-2-4-14(10)19)16(22)18-6-5-17(7-15(20)21)12-8-25(23,24)9-13(12)18/h2-4,12-13,19H,5-9H2,1H3,(H,20,21)/t12-,13+/m1/s1. The summed E-state index contributed by atoms with van der Waals surface area (Å²) in [5.41, 5.74) is 0.771. The number of rotatable bonds is 3. The Hall–Kier alpha value is -2.13. The maximum absolute atomic E-state index is 12.9. The van der Waals surface area contributed by atoms with Crippen LogP contribution in [0.25, 0.3) is 0 Å². The van der Waals surface area contributed by atoms with Gasteiger partial charge in [-0.1, -0.05) is 6.07 Å². The van der Waals surface area contributed by atoms with Crippen molar-refractivity contribution < 1.29 is 28.2 Å². The Kier molecular flexibility index (Phi) is 4.46. The highest BCUT2D eigenvalue weighted by atomic mass is 32.2. The zero-order chi connectivity index (χ0) is 18.4. The quantitative estimate of drug-likeness (QED) is 0.753. The molecule has 25 heavy (non-hydrogen) atoms. The maximum atomic E-state index is 12.9.